The molecule has 3 rings (SSSR count). The first kappa shape index (κ1) is 22.2. The second kappa shape index (κ2) is 9.99. The van der Waals surface area contributed by atoms with Gasteiger partial charge >= 0.3 is 0 Å². The van der Waals surface area contributed by atoms with Gasteiger partial charge in [0.1, 0.15) is 16.2 Å². The third kappa shape index (κ3) is 5.34. The first-order valence-corrected chi connectivity index (χ1v) is 10.9. The van der Waals surface area contributed by atoms with Crippen LogP contribution in [0.4, 0.5) is 4.39 Å². The van der Waals surface area contributed by atoms with Crippen LogP contribution in [0.3, 0.4) is 0 Å². The molecule has 1 aliphatic heterocycles. The van der Waals surface area contributed by atoms with Crippen LogP contribution in [0.2, 0.25) is 0 Å². The number of imidazole rings is 1. The molecule has 2 amide bonds. The van der Waals surface area contributed by atoms with Gasteiger partial charge in [-0.1, -0.05) is 50.0 Å². The van der Waals surface area contributed by atoms with Crippen LogP contribution in [0.1, 0.15) is 25.8 Å². The highest BCUT2D eigenvalue weighted by Crippen LogP contribution is 2.35. The number of nitrogens with one attached hydrogen (secondary N) is 1. The summed E-state index contributed by atoms with van der Waals surface area (Å²) in [7, 11) is 0. The molecule has 1 fully saturated rings. The molecule has 158 valence electrons. The smallest absolute Gasteiger partial charge is 0.266 e. The summed E-state index contributed by atoms with van der Waals surface area (Å²) >= 11 is 6.53. The Bertz CT molecular complexity index is 960. The molecule has 0 aliphatic carbocycles. The lowest BCUT2D eigenvalue weighted by atomic mass is 10.0. The van der Waals surface area contributed by atoms with Crippen LogP contribution < -0.4 is 5.32 Å². The number of nitrogens with zero attached hydrogens (tertiary/aromatic N) is 3. The fourth-order valence-electron chi connectivity index (χ4n) is 3.18. The average Bonchev–Trinajstić information content (AvgIpc) is 3.29. The largest absolute Gasteiger partial charge is 0.354 e. The van der Waals surface area contributed by atoms with Crippen molar-refractivity contribution in [1.82, 2.24) is 19.8 Å². The van der Waals surface area contributed by atoms with Gasteiger partial charge in [0.2, 0.25) is 5.91 Å². The molecule has 1 aromatic carbocycles. The summed E-state index contributed by atoms with van der Waals surface area (Å²) in [6, 6.07) is 5.27. The fraction of sp³-hybridized carbons (Fsp3) is 0.333. The molecule has 0 spiro atoms. The zero-order valence-corrected chi connectivity index (χ0v) is 18.4. The predicted molar refractivity (Wildman–Crippen MR) is 120 cm³/mol. The molecule has 0 saturated carbocycles. The van der Waals surface area contributed by atoms with Crippen LogP contribution >= 0.6 is 24.0 Å². The number of hydrogen-bond acceptors (Lipinski definition) is 5. The lowest BCUT2D eigenvalue weighted by molar-refractivity contribution is -0.134. The minimum Gasteiger partial charge on any atom is -0.354 e. The minimum atomic E-state index is -0.704. The quantitative estimate of drug-likeness (QED) is 0.382. The van der Waals surface area contributed by atoms with E-state index in [2.05, 4.69) is 10.3 Å². The van der Waals surface area contributed by atoms with E-state index in [1.165, 1.54) is 17.0 Å². The lowest BCUT2D eigenvalue weighted by Crippen LogP contribution is -2.51. The molecule has 1 atom stereocenters. The summed E-state index contributed by atoms with van der Waals surface area (Å²) in [4.78, 5) is 31.6. The molecule has 0 radical (unpaired) electrons. The standard InChI is InChI=1S/C21H23FN4O2S2/c1-14(2)18(19(27)24-7-4-9-25-10-8-23-13-25)26-20(28)17(30-21(26)29)12-15-5-3-6-16(22)11-15/h3,5-6,8,10-14,18H,4,7,9H2,1-2H3,(H,24,27). The zero-order valence-electron chi connectivity index (χ0n) is 16.7. The Hall–Kier alpha value is -2.52. The summed E-state index contributed by atoms with van der Waals surface area (Å²) in [5, 5.41) is 2.91. The van der Waals surface area contributed by atoms with Crippen LogP contribution in [-0.4, -0.2) is 43.2 Å². The molecule has 1 unspecified atom stereocenters. The molecule has 1 aromatic heterocycles. The second-order valence-electron chi connectivity index (χ2n) is 7.24. The number of aromatic nitrogens is 2. The average molecular weight is 447 g/mol. The molecule has 9 heteroatoms. The van der Waals surface area contributed by atoms with Crippen LogP contribution in [0.15, 0.2) is 47.9 Å². The van der Waals surface area contributed by atoms with E-state index in [9.17, 15) is 14.0 Å². The maximum Gasteiger partial charge on any atom is 0.266 e. The molecule has 1 aliphatic rings. The first-order chi connectivity index (χ1) is 14.4. The van der Waals surface area contributed by atoms with Crippen LogP contribution in [0.5, 0.6) is 0 Å². The summed E-state index contributed by atoms with van der Waals surface area (Å²) in [6.07, 6.45) is 7.64. The van der Waals surface area contributed by atoms with E-state index in [1.807, 2.05) is 24.6 Å². The molecule has 1 N–H and O–H groups in total. The maximum absolute atomic E-state index is 13.5. The molecule has 6 nitrogen and oxygen atoms in total. The number of hydrogen-bond donors (Lipinski definition) is 1. The van der Waals surface area contributed by atoms with Crippen molar-refractivity contribution in [3.63, 3.8) is 0 Å². The highest BCUT2D eigenvalue weighted by Gasteiger charge is 2.41. The Morgan fingerprint density at radius 1 is 1.40 bits per heavy atom. The summed E-state index contributed by atoms with van der Waals surface area (Å²) in [5.41, 5.74) is 0.570. The van der Waals surface area contributed by atoms with E-state index < -0.39 is 6.04 Å². The Morgan fingerprint density at radius 2 is 2.20 bits per heavy atom. The number of thioether (sulfide) groups is 1. The Balaban J connectivity index is 1.67. The molecule has 2 aromatic rings. The van der Waals surface area contributed by atoms with Crippen molar-refractivity contribution in [2.45, 2.75) is 32.9 Å². The number of aryl methyl sites for hydroxylation is 1. The van der Waals surface area contributed by atoms with Crippen molar-refractivity contribution in [3.05, 3.63) is 59.3 Å². The predicted octanol–water partition coefficient (Wildman–Crippen LogP) is 3.45. The van der Waals surface area contributed by atoms with Crippen LogP contribution in [0.25, 0.3) is 6.08 Å². The number of carbonyl (C=O) groups excluding carboxylic acids is 2. The van der Waals surface area contributed by atoms with Gasteiger partial charge in [-0.2, -0.15) is 0 Å². The highest BCUT2D eigenvalue weighted by atomic mass is 32.2. The number of benzene rings is 1. The normalized spacial score (nSPS) is 16.5. The number of amides is 2. The van der Waals surface area contributed by atoms with Gasteiger partial charge in [0.15, 0.2) is 0 Å². The molecule has 0 bridgehead atoms. The lowest BCUT2D eigenvalue weighted by Gasteiger charge is -2.29. The third-order valence-corrected chi connectivity index (χ3v) is 5.93. The number of thiocarbonyl (C=S) groups is 1. The van der Waals surface area contributed by atoms with Gasteiger partial charge in [-0.3, -0.25) is 14.5 Å². The minimum absolute atomic E-state index is 0.130. The van der Waals surface area contributed by atoms with E-state index in [-0.39, 0.29) is 23.5 Å². The molecular weight excluding hydrogens is 423 g/mol. The van der Waals surface area contributed by atoms with Crippen molar-refractivity contribution in [2.24, 2.45) is 5.92 Å². The monoisotopic (exact) mass is 446 g/mol. The van der Waals surface area contributed by atoms with Crippen LogP contribution in [0, 0.1) is 11.7 Å². The van der Waals surface area contributed by atoms with Gasteiger partial charge < -0.3 is 9.88 Å². The van der Waals surface area contributed by atoms with Gasteiger partial charge in [0.25, 0.3) is 5.91 Å². The van der Waals surface area contributed by atoms with E-state index in [0.29, 0.717) is 21.3 Å². The summed E-state index contributed by atoms with van der Waals surface area (Å²) < 4.78 is 15.7. The third-order valence-electron chi connectivity index (χ3n) is 4.60. The van der Waals surface area contributed by atoms with Gasteiger partial charge in [-0.15, -0.1) is 0 Å². The van der Waals surface area contributed by atoms with Crippen molar-refractivity contribution >= 4 is 46.2 Å². The molecule has 1 saturated heterocycles. The van der Waals surface area contributed by atoms with Gasteiger partial charge in [0, 0.05) is 25.5 Å². The van der Waals surface area contributed by atoms with Crippen molar-refractivity contribution in [2.75, 3.05) is 6.54 Å². The second-order valence-corrected chi connectivity index (χ2v) is 8.92. The number of halogens is 1. The number of carbonyl (C=O) groups is 2. The van der Waals surface area contributed by atoms with Crippen molar-refractivity contribution in [3.8, 4) is 0 Å². The Morgan fingerprint density at radius 3 is 2.87 bits per heavy atom. The molecule has 30 heavy (non-hydrogen) atoms. The fourth-order valence-corrected chi connectivity index (χ4v) is 4.51. The summed E-state index contributed by atoms with van der Waals surface area (Å²) in [6.45, 7) is 4.98. The van der Waals surface area contributed by atoms with Crippen molar-refractivity contribution in [1.29, 1.82) is 0 Å². The molecular formula is C21H23FN4O2S2. The summed E-state index contributed by atoms with van der Waals surface area (Å²) in [5.74, 6) is -1.08. The van der Waals surface area contributed by atoms with E-state index >= 15 is 0 Å². The van der Waals surface area contributed by atoms with Crippen LogP contribution in [-0.2, 0) is 16.1 Å². The van der Waals surface area contributed by atoms with E-state index in [1.54, 1.807) is 30.7 Å². The van der Waals surface area contributed by atoms with Gasteiger partial charge in [-0.25, -0.2) is 9.37 Å². The van der Waals surface area contributed by atoms with Gasteiger partial charge in [0.05, 0.1) is 11.2 Å². The zero-order chi connectivity index (χ0) is 21.7. The van der Waals surface area contributed by atoms with E-state index in [4.69, 9.17) is 12.2 Å². The highest BCUT2D eigenvalue weighted by molar-refractivity contribution is 8.26. The SMILES string of the molecule is CC(C)C(C(=O)NCCCn1ccnc1)N1C(=O)C(=Cc2cccc(F)c2)SC1=S. The topological polar surface area (TPSA) is 67.2 Å². The Kier molecular flexibility index (Phi) is 7.38. The maximum atomic E-state index is 13.5. The van der Waals surface area contributed by atoms with Gasteiger partial charge in [-0.05, 0) is 36.1 Å². The van der Waals surface area contributed by atoms with Crippen molar-refractivity contribution < 1.29 is 14.0 Å². The Labute approximate surface area is 184 Å². The van der Waals surface area contributed by atoms with E-state index in [0.717, 1.165) is 24.7 Å². The molecule has 2 heterocycles. The first-order valence-electron chi connectivity index (χ1n) is 9.63. The number of rotatable bonds is 8.